The number of nitrogens with zero attached hydrogens (tertiary/aromatic N) is 5. The van der Waals surface area contributed by atoms with Gasteiger partial charge in [0.2, 0.25) is 0 Å². The van der Waals surface area contributed by atoms with E-state index in [9.17, 15) is 8.78 Å². The monoisotopic (exact) mass is 486 g/mol. The fourth-order valence-electron chi connectivity index (χ4n) is 6.12. The van der Waals surface area contributed by atoms with Crippen molar-refractivity contribution in [2.45, 2.75) is 32.1 Å². The number of fused-ring (bicyclic) bond motifs is 2. The van der Waals surface area contributed by atoms with Crippen LogP contribution in [0.3, 0.4) is 0 Å². The summed E-state index contributed by atoms with van der Waals surface area (Å²) >= 11 is 0. The van der Waals surface area contributed by atoms with Crippen molar-refractivity contribution in [3.63, 3.8) is 0 Å². The number of anilines is 1. The molecule has 0 bridgehead atoms. The lowest BCUT2D eigenvalue weighted by atomic mass is 9.90. The van der Waals surface area contributed by atoms with Gasteiger partial charge < -0.3 is 10.6 Å². The molecule has 184 valence electrons. The summed E-state index contributed by atoms with van der Waals surface area (Å²) in [5, 5.41) is 0. The minimum Gasteiger partial charge on any atom is -0.355 e. The minimum atomic E-state index is -0.523. The molecular weight excluding hydrogens is 458 g/mol. The Bertz CT molecular complexity index is 1470. The molecule has 1 saturated carbocycles. The number of hydrogen-bond acceptors (Lipinski definition) is 6. The van der Waals surface area contributed by atoms with E-state index in [1.54, 1.807) is 6.20 Å². The lowest BCUT2D eigenvalue weighted by Gasteiger charge is -2.27. The van der Waals surface area contributed by atoms with E-state index in [1.165, 1.54) is 23.3 Å². The van der Waals surface area contributed by atoms with Crippen molar-refractivity contribution in [2.24, 2.45) is 17.6 Å². The first-order chi connectivity index (χ1) is 17.4. The molecule has 2 fully saturated rings. The summed E-state index contributed by atoms with van der Waals surface area (Å²) in [5.41, 5.74) is 11.7. The highest BCUT2D eigenvalue weighted by Crippen LogP contribution is 2.63. The van der Waals surface area contributed by atoms with Crippen LogP contribution in [0.4, 0.5) is 14.6 Å². The molecule has 3 atom stereocenters. The Labute approximate surface area is 208 Å². The third kappa shape index (κ3) is 3.63. The van der Waals surface area contributed by atoms with E-state index in [0.29, 0.717) is 30.7 Å². The average molecular weight is 487 g/mol. The lowest BCUT2D eigenvalue weighted by molar-refractivity contribution is 0.523. The van der Waals surface area contributed by atoms with Gasteiger partial charge in [-0.2, -0.15) is 0 Å². The first kappa shape index (κ1) is 22.9. The van der Waals surface area contributed by atoms with Crippen LogP contribution in [0.25, 0.3) is 11.2 Å². The molecule has 6 nitrogen and oxygen atoms in total. The van der Waals surface area contributed by atoms with Crippen LogP contribution >= 0.6 is 0 Å². The second-order valence-electron chi connectivity index (χ2n) is 10.0. The smallest absolute Gasteiger partial charge is 0.178 e. The Balaban J connectivity index is 1.23. The molecule has 1 aromatic carbocycles. The van der Waals surface area contributed by atoms with Gasteiger partial charge >= 0.3 is 0 Å². The molecule has 1 saturated heterocycles. The maximum atomic E-state index is 14.7. The van der Waals surface area contributed by atoms with Crippen molar-refractivity contribution >= 4 is 17.0 Å². The molecule has 2 unspecified atom stereocenters. The largest absolute Gasteiger partial charge is 0.355 e. The third-order valence-electron chi connectivity index (χ3n) is 8.31. The summed E-state index contributed by atoms with van der Waals surface area (Å²) in [7, 11) is 0. The highest BCUT2D eigenvalue weighted by Gasteiger charge is 2.66. The van der Waals surface area contributed by atoms with E-state index < -0.39 is 11.2 Å². The van der Waals surface area contributed by atoms with Gasteiger partial charge in [-0.1, -0.05) is 0 Å². The van der Waals surface area contributed by atoms with Crippen molar-refractivity contribution in [1.82, 2.24) is 19.9 Å². The van der Waals surface area contributed by atoms with Crippen LogP contribution in [-0.2, 0) is 11.8 Å². The van der Waals surface area contributed by atoms with Gasteiger partial charge in [0, 0.05) is 49.1 Å². The summed E-state index contributed by atoms with van der Waals surface area (Å²) in [4.78, 5) is 20.7. The van der Waals surface area contributed by atoms with Crippen molar-refractivity contribution in [2.75, 3.05) is 24.5 Å². The van der Waals surface area contributed by atoms with Crippen LogP contribution in [0.1, 0.15) is 34.5 Å². The van der Waals surface area contributed by atoms with E-state index in [2.05, 4.69) is 21.8 Å². The second-order valence-corrected chi connectivity index (χ2v) is 10.0. The molecule has 0 spiro atoms. The summed E-state index contributed by atoms with van der Waals surface area (Å²) in [6.07, 6.45) is 5.15. The summed E-state index contributed by atoms with van der Waals surface area (Å²) in [6.45, 7) is 5.84. The number of aromatic nitrogens is 4. The van der Waals surface area contributed by atoms with Crippen LogP contribution in [0.2, 0.25) is 0 Å². The molecular formula is C28H28F2N6. The topological polar surface area (TPSA) is 80.8 Å². The van der Waals surface area contributed by atoms with E-state index >= 15 is 0 Å². The van der Waals surface area contributed by atoms with E-state index in [1.807, 2.05) is 31.3 Å². The van der Waals surface area contributed by atoms with Crippen molar-refractivity contribution in [3.05, 3.63) is 88.5 Å². The third-order valence-corrected chi connectivity index (χ3v) is 8.31. The molecule has 0 amide bonds. The average Bonchev–Trinajstić information content (AvgIpc) is 3.55. The number of aryl methyl sites for hydroxylation is 1. The zero-order chi connectivity index (χ0) is 25.0. The molecule has 4 aromatic rings. The standard InChI is InChI=1S/C28H28F2N6/c1-16-17(2)32-9-7-18(16)11-20-4-6-25-27(34-20)33-13-26(35-25)36-10-8-21-23(14-36)28(21,15-31)22-12-19(29)3-5-24(22)30/h3-7,9,12-13,21,23H,8,10-11,14-15,31H2,1-2H3/t21?,23?,28-/m1/s1. The molecule has 4 heterocycles. The first-order valence-electron chi connectivity index (χ1n) is 12.3. The highest BCUT2D eigenvalue weighted by atomic mass is 19.1. The lowest BCUT2D eigenvalue weighted by Crippen LogP contribution is -2.32. The van der Waals surface area contributed by atoms with Crippen molar-refractivity contribution in [1.29, 1.82) is 0 Å². The summed E-state index contributed by atoms with van der Waals surface area (Å²) < 4.78 is 28.6. The highest BCUT2D eigenvalue weighted by molar-refractivity contribution is 5.71. The number of rotatable bonds is 5. The minimum absolute atomic E-state index is 0.151. The molecule has 6 rings (SSSR count). The van der Waals surface area contributed by atoms with Crippen LogP contribution in [-0.4, -0.2) is 39.6 Å². The predicted molar refractivity (Wildman–Crippen MR) is 135 cm³/mol. The van der Waals surface area contributed by atoms with E-state index in [0.717, 1.165) is 41.8 Å². The van der Waals surface area contributed by atoms with Gasteiger partial charge in [-0.15, -0.1) is 0 Å². The SMILES string of the molecule is Cc1nccc(Cc2ccc3nc(N4CCC5C(C4)[C@@]5(CN)c4cc(F)ccc4F)cnc3n2)c1C. The zero-order valence-electron chi connectivity index (χ0n) is 20.4. The van der Waals surface area contributed by atoms with Gasteiger partial charge in [-0.25, -0.2) is 23.7 Å². The van der Waals surface area contributed by atoms with Crippen molar-refractivity contribution in [3.8, 4) is 0 Å². The molecule has 0 radical (unpaired) electrons. The fraction of sp³-hybridized carbons (Fsp3) is 0.357. The van der Waals surface area contributed by atoms with E-state index in [4.69, 9.17) is 15.7 Å². The quantitative estimate of drug-likeness (QED) is 0.454. The molecule has 1 aliphatic heterocycles. The molecule has 36 heavy (non-hydrogen) atoms. The Hall–Kier alpha value is -3.52. The maximum absolute atomic E-state index is 14.7. The summed E-state index contributed by atoms with van der Waals surface area (Å²) in [5.74, 6) is 0.354. The van der Waals surface area contributed by atoms with Gasteiger partial charge in [-0.05, 0) is 85.2 Å². The molecule has 1 aliphatic carbocycles. The van der Waals surface area contributed by atoms with E-state index in [-0.39, 0.29) is 17.7 Å². The Morgan fingerprint density at radius 3 is 2.75 bits per heavy atom. The van der Waals surface area contributed by atoms with Crippen LogP contribution < -0.4 is 10.6 Å². The second kappa shape index (κ2) is 8.55. The van der Waals surface area contributed by atoms with Gasteiger partial charge in [0.15, 0.2) is 5.65 Å². The molecule has 2 N–H and O–H groups in total. The van der Waals surface area contributed by atoms with Crippen LogP contribution in [0, 0.1) is 37.3 Å². The normalized spacial score (nSPS) is 23.1. The summed E-state index contributed by atoms with van der Waals surface area (Å²) in [6, 6.07) is 9.67. The predicted octanol–water partition coefficient (Wildman–Crippen LogP) is 4.26. The number of pyridine rings is 2. The van der Waals surface area contributed by atoms with Gasteiger partial charge in [-0.3, -0.25) is 4.98 Å². The number of piperidine rings is 1. The molecule has 8 heteroatoms. The Morgan fingerprint density at radius 1 is 1.06 bits per heavy atom. The van der Waals surface area contributed by atoms with Gasteiger partial charge in [0.25, 0.3) is 0 Å². The number of hydrogen-bond donors (Lipinski definition) is 1. The van der Waals surface area contributed by atoms with Gasteiger partial charge in [0.05, 0.1) is 6.20 Å². The first-order valence-corrected chi connectivity index (χ1v) is 12.3. The van der Waals surface area contributed by atoms with Crippen LogP contribution in [0.15, 0.2) is 48.8 Å². The Morgan fingerprint density at radius 2 is 1.92 bits per heavy atom. The number of nitrogens with two attached hydrogens (primary N) is 1. The zero-order valence-corrected chi connectivity index (χ0v) is 20.4. The number of halogens is 2. The molecule has 2 aliphatic rings. The Kier molecular flexibility index (Phi) is 5.44. The fourth-order valence-corrected chi connectivity index (χ4v) is 6.12. The maximum Gasteiger partial charge on any atom is 0.178 e. The van der Waals surface area contributed by atoms with Gasteiger partial charge in [0.1, 0.15) is 23.0 Å². The number of benzene rings is 1. The molecule has 3 aromatic heterocycles. The van der Waals surface area contributed by atoms with Crippen molar-refractivity contribution < 1.29 is 8.78 Å². The van der Waals surface area contributed by atoms with Crippen LogP contribution in [0.5, 0.6) is 0 Å².